The average molecular weight is 526 g/mol. The SMILES string of the molecule is CCCC[C@H](NC(=O)[C@@H]1CCCC[C@@H]1NC(=O)c1ccc(N(C)C)cc1)C(=O)c1nn(CC2CC2)c(=O)o1. The molecule has 1 heterocycles. The van der Waals surface area contributed by atoms with Gasteiger partial charge in [-0.15, -0.1) is 5.10 Å². The molecule has 10 nitrogen and oxygen atoms in total. The van der Waals surface area contributed by atoms with E-state index in [9.17, 15) is 19.2 Å². The topological polar surface area (TPSA) is 127 Å². The Labute approximate surface area is 223 Å². The molecular weight excluding hydrogens is 486 g/mol. The second kappa shape index (κ2) is 12.4. The van der Waals surface area contributed by atoms with Crippen LogP contribution >= 0.6 is 0 Å². The van der Waals surface area contributed by atoms with E-state index in [0.717, 1.165) is 44.2 Å². The van der Waals surface area contributed by atoms with E-state index in [1.54, 1.807) is 12.1 Å². The summed E-state index contributed by atoms with van der Waals surface area (Å²) >= 11 is 0. The van der Waals surface area contributed by atoms with Gasteiger partial charge in [0, 0.05) is 31.4 Å². The van der Waals surface area contributed by atoms with E-state index in [0.29, 0.717) is 37.3 Å². The predicted octanol–water partition coefficient (Wildman–Crippen LogP) is 3.16. The highest BCUT2D eigenvalue weighted by Gasteiger charge is 2.35. The highest BCUT2D eigenvalue weighted by Crippen LogP contribution is 2.30. The smallest absolute Gasteiger partial charge is 0.384 e. The Morgan fingerprint density at radius 1 is 1.11 bits per heavy atom. The third-order valence-electron chi connectivity index (χ3n) is 7.49. The maximum absolute atomic E-state index is 13.4. The number of ketones is 1. The van der Waals surface area contributed by atoms with Gasteiger partial charge in [0.25, 0.3) is 11.8 Å². The fraction of sp³-hybridized carbons (Fsp3) is 0.607. The normalized spacial score (nSPS) is 20.0. The van der Waals surface area contributed by atoms with Crippen LogP contribution in [0.1, 0.15) is 85.8 Å². The highest BCUT2D eigenvalue weighted by atomic mass is 16.4. The molecule has 2 fully saturated rings. The van der Waals surface area contributed by atoms with E-state index in [2.05, 4.69) is 15.7 Å². The van der Waals surface area contributed by atoms with E-state index >= 15 is 0 Å². The van der Waals surface area contributed by atoms with Crippen molar-refractivity contribution >= 4 is 23.3 Å². The fourth-order valence-electron chi connectivity index (χ4n) is 4.95. The van der Waals surface area contributed by atoms with Crippen molar-refractivity contribution in [2.45, 2.75) is 83.3 Å². The van der Waals surface area contributed by atoms with Crippen molar-refractivity contribution in [3.8, 4) is 0 Å². The summed E-state index contributed by atoms with van der Waals surface area (Å²) in [7, 11) is 3.87. The monoisotopic (exact) mass is 525 g/mol. The maximum Gasteiger partial charge on any atom is 0.437 e. The van der Waals surface area contributed by atoms with E-state index in [1.807, 2.05) is 38.1 Å². The van der Waals surface area contributed by atoms with Crippen molar-refractivity contribution in [3.63, 3.8) is 0 Å². The maximum atomic E-state index is 13.4. The number of rotatable bonds is 12. The van der Waals surface area contributed by atoms with E-state index < -0.39 is 23.5 Å². The molecule has 0 aliphatic heterocycles. The number of carbonyl (C=O) groups is 3. The van der Waals surface area contributed by atoms with Gasteiger partial charge < -0.3 is 20.0 Å². The minimum Gasteiger partial charge on any atom is -0.384 e. The molecule has 0 unspecified atom stereocenters. The zero-order chi connectivity index (χ0) is 27.2. The van der Waals surface area contributed by atoms with Gasteiger partial charge in [0.1, 0.15) is 0 Å². The molecule has 2 aromatic rings. The molecule has 2 aliphatic carbocycles. The minimum atomic E-state index is -0.841. The van der Waals surface area contributed by atoms with Crippen molar-refractivity contribution in [2.75, 3.05) is 19.0 Å². The third-order valence-corrected chi connectivity index (χ3v) is 7.49. The van der Waals surface area contributed by atoms with Crippen LogP contribution in [-0.2, 0) is 11.3 Å². The summed E-state index contributed by atoms with van der Waals surface area (Å²) in [5.74, 6) is -1.93. The second-order valence-corrected chi connectivity index (χ2v) is 10.8. The summed E-state index contributed by atoms with van der Waals surface area (Å²) in [4.78, 5) is 53.8. The van der Waals surface area contributed by atoms with Crippen LogP contribution in [-0.4, -0.2) is 53.6 Å². The second-order valence-electron chi connectivity index (χ2n) is 10.8. The molecule has 2 N–H and O–H groups in total. The summed E-state index contributed by atoms with van der Waals surface area (Å²) in [5.41, 5.74) is 1.53. The van der Waals surface area contributed by atoms with E-state index in [-0.39, 0.29) is 23.7 Å². The number of nitrogens with zero attached hydrogens (tertiary/aromatic N) is 3. The first-order chi connectivity index (χ1) is 18.3. The van der Waals surface area contributed by atoms with Crippen molar-refractivity contribution < 1.29 is 18.8 Å². The quantitative estimate of drug-likeness (QED) is 0.408. The molecule has 0 saturated heterocycles. The van der Waals surface area contributed by atoms with Gasteiger partial charge in [0.05, 0.1) is 18.5 Å². The number of amides is 2. The molecule has 206 valence electrons. The Balaban J connectivity index is 1.43. The predicted molar refractivity (Wildman–Crippen MR) is 143 cm³/mol. The van der Waals surface area contributed by atoms with Crippen molar-refractivity contribution in [1.29, 1.82) is 0 Å². The summed E-state index contributed by atoms with van der Waals surface area (Å²) < 4.78 is 6.38. The van der Waals surface area contributed by atoms with Crippen LogP contribution in [0.25, 0.3) is 0 Å². The van der Waals surface area contributed by atoms with Gasteiger partial charge in [0.15, 0.2) is 0 Å². The summed E-state index contributed by atoms with van der Waals surface area (Å²) in [6, 6.07) is 6.15. The molecular formula is C28H39N5O5. The number of hydrogen-bond acceptors (Lipinski definition) is 7. The van der Waals surface area contributed by atoms with Crippen LogP contribution in [0.3, 0.4) is 0 Å². The lowest BCUT2D eigenvalue weighted by Crippen LogP contribution is -2.51. The summed E-state index contributed by atoms with van der Waals surface area (Å²) in [6.45, 7) is 2.45. The number of unbranched alkanes of at least 4 members (excludes halogenated alkanes) is 1. The third kappa shape index (κ3) is 6.90. The molecule has 0 bridgehead atoms. The van der Waals surface area contributed by atoms with Gasteiger partial charge in [0.2, 0.25) is 11.7 Å². The number of anilines is 1. The van der Waals surface area contributed by atoms with Crippen molar-refractivity contribution in [2.24, 2.45) is 11.8 Å². The number of Topliss-reactive ketones (excluding diaryl/α,β-unsaturated/α-hetero) is 1. The van der Waals surface area contributed by atoms with Crippen LogP contribution in [0, 0.1) is 11.8 Å². The fourth-order valence-corrected chi connectivity index (χ4v) is 4.95. The first-order valence-electron chi connectivity index (χ1n) is 13.8. The Bertz CT molecular complexity index is 1180. The molecule has 2 amide bonds. The van der Waals surface area contributed by atoms with Crippen LogP contribution in [0.5, 0.6) is 0 Å². The Morgan fingerprint density at radius 2 is 1.82 bits per heavy atom. The molecule has 1 aromatic heterocycles. The Kier molecular flexibility index (Phi) is 9.01. The summed E-state index contributed by atoms with van der Waals surface area (Å²) in [5, 5.41) is 10.1. The molecule has 0 spiro atoms. The number of aromatic nitrogens is 2. The molecule has 3 atom stereocenters. The minimum absolute atomic E-state index is 0.221. The van der Waals surface area contributed by atoms with Gasteiger partial charge in [-0.25, -0.2) is 4.79 Å². The van der Waals surface area contributed by atoms with E-state index in [4.69, 9.17) is 4.42 Å². The van der Waals surface area contributed by atoms with E-state index in [1.165, 1.54) is 4.68 Å². The lowest BCUT2D eigenvalue weighted by atomic mass is 9.83. The first kappa shape index (κ1) is 27.6. The largest absolute Gasteiger partial charge is 0.437 e. The molecule has 2 aliphatic rings. The van der Waals surface area contributed by atoms with Crippen LogP contribution < -0.4 is 21.3 Å². The number of nitrogens with one attached hydrogen (secondary N) is 2. The van der Waals surface area contributed by atoms with Crippen LogP contribution in [0.2, 0.25) is 0 Å². The van der Waals surface area contributed by atoms with Gasteiger partial charge >= 0.3 is 5.76 Å². The molecule has 38 heavy (non-hydrogen) atoms. The van der Waals surface area contributed by atoms with Crippen molar-refractivity contribution in [1.82, 2.24) is 20.4 Å². The first-order valence-corrected chi connectivity index (χ1v) is 13.8. The van der Waals surface area contributed by atoms with Gasteiger partial charge in [-0.2, -0.15) is 4.68 Å². The van der Waals surface area contributed by atoms with Crippen LogP contribution in [0.15, 0.2) is 33.5 Å². The highest BCUT2D eigenvalue weighted by molar-refractivity contribution is 5.99. The molecule has 1 aromatic carbocycles. The van der Waals surface area contributed by atoms with Gasteiger partial charge in [-0.05, 0) is 62.3 Å². The Morgan fingerprint density at radius 3 is 2.47 bits per heavy atom. The zero-order valence-corrected chi connectivity index (χ0v) is 22.6. The zero-order valence-electron chi connectivity index (χ0n) is 22.6. The number of hydrogen-bond donors (Lipinski definition) is 2. The molecule has 4 rings (SSSR count). The summed E-state index contributed by atoms with van der Waals surface area (Å²) in [6.07, 6.45) is 7.15. The van der Waals surface area contributed by atoms with Gasteiger partial charge in [-0.1, -0.05) is 32.6 Å². The molecule has 10 heteroatoms. The number of benzene rings is 1. The lowest BCUT2D eigenvalue weighted by molar-refractivity contribution is -0.127. The standard InChI is InChI=1S/C28H39N5O5/c1-4-5-9-23(24(34)27-31-33(28(37)38-27)17-18-11-12-18)30-26(36)21-8-6-7-10-22(21)29-25(35)19-13-15-20(16-14-19)32(2)3/h13-16,18,21-23H,4-12,17H2,1-3H3,(H,29,35)(H,30,36)/t21-,22+,23+/m1/s1. The molecule has 2 saturated carbocycles. The number of carbonyl (C=O) groups excluding carboxylic acids is 3. The van der Waals surface area contributed by atoms with Gasteiger partial charge in [-0.3, -0.25) is 14.4 Å². The van der Waals surface area contributed by atoms with Crippen molar-refractivity contribution in [3.05, 3.63) is 46.3 Å². The molecule has 0 radical (unpaired) electrons. The average Bonchev–Trinajstić information content (AvgIpc) is 3.66. The lowest BCUT2D eigenvalue weighted by Gasteiger charge is -2.32. The van der Waals surface area contributed by atoms with Crippen LogP contribution in [0.4, 0.5) is 5.69 Å². The Hall–Kier alpha value is -3.43.